The van der Waals surface area contributed by atoms with Gasteiger partial charge in [-0.1, -0.05) is 11.8 Å². The van der Waals surface area contributed by atoms with E-state index in [1.807, 2.05) is 12.3 Å². The molecule has 0 saturated heterocycles. The van der Waals surface area contributed by atoms with E-state index in [0.717, 1.165) is 0 Å². The average Bonchev–Trinajstić information content (AvgIpc) is 2.85. The molecule has 0 aromatic carbocycles. The summed E-state index contributed by atoms with van der Waals surface area (Å²) in [5.74, 6) is 0.526. The lowest BCUT2D eigenvalue weighted by molar-refractivity contribution is 0.186. The van der Waals surface area contributed by atoms with Gasteiger partial charge in [0.15, 0.2) is 10.1 Å². The first-order chi connectivity index (χ1) is 9.60. The van der Waals surface area contributed by atoms with Crippen molar-refractivity contribution in [2.45, 2.75) is 18.7 Å². The van der Waals surface area contributed by atoms with Crippen LogP contribution in [-0.4, -0.2) is 34.3 Å². The Kier molecular flexibility index (Phi) is 5.16. The molecule has 0 spiro atoms. The molecule has 0 bridgehead atoms. The summed E-state index contributed by atoms with van der Waals surface area (Å²) in [7, 11) is 1.63. The highest BCUT2D eigenvalue weighted by Crippen LogP contribution is 2.12. The second kappa shape index (κ2) is 6.87. The first kappa shape index (κ1) is 15.0. The summed E-state index contributed by atoms with van der Waals surface area (Å²) in [5, 5.41) is 2.31. The van der Waals surface area contributed by atoms with Gasteiger partial charge in [-0.3, -0.25) is 14.2 Å². The van der Waals surface area contributed by atoms with Crippen LogP contribution in [0.1, 0.15) is 12.6 Å². The SMILES string of the molecule is COC[C@H](C)N=C(N)SCc1cc(=O)n2ccsc2n1. The molecule has 2 N–H and O–H groups in total. The van der Waals surface area contributed by atoms with Gasteiger partial charge in [-0.25, -0.2) is 4.98 Å². The van der Waals surface area contributed by atoms with Crippen molar-refractivity contribution in [3.8, 4) is 0 Å². The molecule has 108 valence electrons. The van der Waals surface area contributed by atoms with Crippen molar-refractivity contribution < 1.29 is 4.74 Å². The van der Waals surface area contributed by atoms with Gasteiger partial charge >= 0.3 is 0 Å². The molecule has 2 rings (SSSR count). The van der Waals surface area contributed by atoms with Crippen molar-refractivity contribution in [3.05, 3.63) is 33.7 Å². The van der Waals surface area contributed by atoms with Crippen LogP contribution in [0, 0.1) is 0 Å². The molecule has 20 heavy (non-hydrogen) atoms. The minimum Gasteiger partial charge on any atom is -0.382 e. The molecule has 0 aliphatic heterocycles. The van der Waals surface area contributed by atoms with Gasteiger partial charge < -0.3 is 10.5 Å². The number of nitrogens with two attached hydrogens (primary N) is 1. The van der Waals surface area contributed by atoms with E-state index in [9.17, 15) is 4.79 Å². The Hall–Kier alpha value is -1.38. The van der Waals surface area contributed by atoms with Crippen LogP contribution in [0.25, 0.3) is 4.96 Å². The second-order valence-electron chi connectivity index (χ2n) is 4.20. The number of fused-ring (bicyclic) bond motifs is 1. The highest BCUT2D eigenvalue weighted by molar-refractivity contribution is 8.13. The highest BCUT2D eigenvalue weighted by atomic mass is 32.2. The third-order valence-electron chi connectivity index (χ3n) is 2.48. The largest absolute Gasteiger partial charge is 0.382 e. The van der Waals surface area contributed by atoms with Gasteiger partial charge in [0.2, 0.25) is 0 Å². The van der Waals surface area contributed by atoms with Gasteiger partial charge in [-0.2, -0.15) is 0 Å². The predicted octanol–water partition coefficient (Wildman–Crippen LogP) is 1.34. The number of ether oxygens (including phenoxy) is 1. The molecule has 1 atom stereocenters. The van der Waals surface area contributed by atoms with Crippen molar-refractivity contribution in [2.75, 3.05) is 13.7 Å². The molecule has 2 heterocycles. The van der Waals surface area contributed by atoms with Crippen molar-refractivity contribution in [1.29, 1.82) is 0 Å². The van der Waals surface area contributed by atoms with Crippen LogP contribution in [0.4, 0.5) is 0 Å². The summed E-state index contributed by atoms with van der Waals surface area (Å²) in [6.45, 7) is 2.46. The summed E-state index contributed by atoms with van der Waals surface area (Å²) >= 11 is 2.80. The van der Waals surface area contributed by atoms with Crippen LogP contribution in [0.15, 0.2) is 27.4 Å². The van der Waals surface area contributed by atoms with Gasteiger partial charge in [0.05, 0.1) is 18.3 Å². The number of amidine groups is 1. The summed E-state index contributed by atoms with van der Waals surface area (Å²) in [6, 6.07) is 1.55. The molecule has 8 heteroatoms. The summed E-state index contributed by atoms with van der Waals surface area (Å²) in [6.07, 6.45) is 1.72. The topological polar surface area (TPSA) is 82.0 Å². The van der Waals surface area contributed by atoms with E-state index in [1.165, 1.54) is 33.6 Å². The summed E-state index contributed by atoms with van der Waals surface area (Å²) in [4.78, 5) is 21.2. The van der Waals surface area contributed by atoms with Crippen molar-refractivity contribution >= 4 is 33.2 Å². The monoisotopic (exact) mass is 312 g/mol. The molecule has 2 aromatic rings. The van der Waals surface area contributed by atoms with Crippen molar-refractivity contribution in [2.24, 2.45) is 10.7 Å². The van der Waals surface area contributed by atoms with E-state index in [1.54, 1.807) is 13.3 Å². The zero-order valence-corrected chi connectivity index (χ0v) is 12.9. The Morgan fingerprint density at radius 1 is 1.70 bits per heavy atom. The normalized spacial score (nSPS) is 13.8. The lowest BCUT2D eigenvalue weighted by atomic mass is 10.4. The Morgan fingerprint density at radius 3 is 3.25 bits per heavy atom. The number of rotatable bonds is 5. The van der Waals surface area contributed by atoms with Gasteiger partial charge in [0.25, 0.3) is 5.56 Å². The van der Waals surface area contributed by atoms with Crippen molar-refractivity contribution in [3.63, 3.8) is 0 Å². The maximum atomic E-state index is 11.8. The predicted molar refractivity (Wildman–Crippen MR) is 83.6 cm³/mol. The Labute approximate surface area is 124 Å². The number of methoxy groups -OCH3 is 1. The van der Waals surface area contributed by atoms with Gasteiger partial charge in [-0.05, 0) is 6.92 Å². The number of aliphatic imine (C=N–C) groups is 1. The number of nitrogens with zero attached hydrogens (tertiary/aromatic N) is 3. The van der Waals surface area contributed by atoms with Gasteiger partial charge in [0.1, 0.15) is 0 Å². The number of thioether (sulfide) groups is 1. The van der Waals surface area contributed by atoms with E-state index < -0.39 is 0 Å². The third kappa shape index (κ3) is 3.81. The maximum Gasteiger partial charge on any atom is 0.258 e. The molecular weight excluding hydrogens is 296 g/mol. The Morgan fingerprint density at radius 2 is 2.50 bits per heavy atom. The zero-order chi connectivity index (χ0) is 14.5. The second-order valence-corrected chi connectivity index (χ2v) is 6.07. The number of hydrogen-bond donors (Lipinski definition) is 1. The van der Waals surface area contributed by atoms with Gasteiger partial charge in [-0.15, -0.1) is 11.3 Å². The quantitative estimate of drug-likeness (QED) is 0.665. The lowest BCUT2D eigenvalue weighted by Crippen LogP contribution is -2.16. The van der Waals surface area contributed by atoms with Crippen LogP contribution in [0.3, 0.4) is 0 Å². The van der Waals surface area contributed by atoms with E-state index in [0.29, 0.717) is 28.2 Å². The van der Waals surface area contributed by atoms with Crippen LogP contribution in [-0.2, 0) is 10.5 Å². The molecule has 0 radical (unpaired) electrons. The Bertz CT molecular complexity index is 665. The molecular formula is C12H16N4O2S2. The van der Waals surface area contributed by atoms with Crippen LogP contribution >= 0.6 is 23.1 Å². The van der Waals surface area contributed by atoms with E-state index in [2.05, 4.69) is 9.98 Å². The molecule has 0 aliphatic rings. The minimum absolute atomic E-state index is 0.0193. The average molecular weight is 312 g/mol. The molecule has 0 fully saturated rings. The molecule has 0 amide bonds. The Balaban J connectivity index is 2.03. The fourth-order valence-electron chi connectivity index (χ4n) is 1.64. The number of hydrogen-bond acceptors (Lipinski definition) is 6. The first-order valence-electron chi connectivity index (χ1n) is 6.01. The zero-order valence-electron chi connectivity index (χ0n) is 11.3. The first-order valence-corrected chi connectivity index (χ1v) is 7.87. The molecule has 0 aliphatic carbocycles. The summed E-state index contributed by atoms with van der Waals surface area (Å²) < 4.78 is 6.52. The molecule has 0 unspecified atom stereocenters. The fourth-order valence-corrected chi connectivity index (χ4v) is 3.08. The number of thiazole rings is 1. The van der Waals surface area contributed by atoms with Crippen LogP contribution in [0.5, 0.6) is 0 Å². The van der Waals surface area contributed by atoms with E-state index in [-0.39, 0.29) is 11.6 Å². The fraction of sp³-hybridized carbons (Fsp3) is 0.417. The minimum atomic E-state index is -0.0740. The van der Waals surface area contributed by atoms with E-state index >= 15 is 0 Å². The van der Waals surface area contributed by atoms with E-state index in [4.69, 9.17) is 10.5 Å². The van der Waals surface area contributed by atoms with Crippen LogP contribution in [0.2, 0.25) is 0 Å². The maximum absolute atomic E-state index is 11.8. The highest BCUT2D eigenvalue weighted by Gasteiger charge is 2.06. The van der Waals surface area contributed by atoms with Gasteiger partial charge in [0, 0.05) is 30.5 Å². The number of aromatic nitrogens is 2. The van der Waals surface area contributed by atoms with Crippen LogP contribution < -0.4 is 11.3 Å². The molecule has 0 saturated carbocycles. The van der Waals surface area contributed by atoms with Crippen molar-refractivity contribution in [1.82, 2.24) is 9.38 Å². The molecule has 2 aromatic heterocycles. The summed E-state index contributed by atoms with van der Waals surface area (Å²) in [5.41, 5.74) is 6.47. The third-order valence-corrected chi connectivity index (χ3v) is 4.08. The lowest BCUT2D eigenvalue weighted by Gasteiger charge is -2.06. The standard InChI is InChI=1S/C12H16N4O2S2/c1-8(6-18-2)14-11(13)20-7-9-5-10(17)16-3-4-19-12(16)15-9/h3-5,8H,6-7H2,1-2H3,(H2,13,14)/t8-/m0/s1. The smallest absolute Gasteiger partial charge is 0.258 e. The molecule has 6 nitrogen and oxygen atoms in total.